The van der Waals surface area contributed by atoms with Crippen LogP contribution in [0.4, 0.5) is 50.6 Å². The van der Waals surface area contributed by atoms with Gasteiger partial charge in [0, 0.05) is 6.92 Å². The van der Waals surface area contributed by atoms with E-state index >= 15 is 0 Å². The molecule has 1 radical (unpaired) electrons. The van der Waals surface area contributed by atoms with Gasteiger partial charge < -0.3 is 0 Å². The Morgan fingerprint density at radius 3 is 0.829 bits per heavy atom. The van der Waals surface area contributed by atoms with Gasteiger partial charge >= 0.3 is 129 Å². The zero-order chi connectivity index (χ0) is 29.5. The average Bonchev–Trinajstić information content (AvgIpc) is 2.28. The number of aryl methyl sites for hydroxylation is 1. The van der Waals surface area contributed by atoms with E-state index in [0.29, 0.717) is 5.92 Å². The molecule has 0 heterocycles. The third kappa shape index (κ3) is 173. The van der Waals surface area contributed by atoms with Gasteiger partial charge in [-0.2, -0.15) is 5.26 Å². The molecule has 0 aromatic heterocycles. The van der Waals surface area contributed by atoms with Crippen molar-refractivity contribution in [2.75, 3.05) is 0 Å². The first kappa shape index (κ1) is 45.4. The van der Waals surface area contributed by atoms with Crippen molar-refractivity contribution >= 4 is 58.4 Å². The first-order chi connectivity index (χ1) is 13.5. The first-order valence-electron chi connectivity index (χ1n) is 7.53. The van der Waals surface area contributed by atoms with Crippen LogP contribution in [0.2, 0.25) is 0 Å². The number of nitrogens with zero attached hydrogens (tertiary/aromatic N) is 1. The fourth-order valence-electron chi connectivity index (χ4n) is 0.951. The molecule has 0 aliphatic rings. The van der Waals surface area contributed by atoms with E-state index in [0.717, 1.165) is 0 Å². The van der Waals surface area contributed by atoms with Crippen LogP contribution in [-0.4, -0.2) is 58.4 Å². The number of benzene rings is 1. The third-order valence-corrected chi connectivity index (χ3v) is 1.74. The number of rotatable bonds is 1. The molecule has 219 valence electrons. The van der Waals surface area contributed by atoms with Crippen LogP contribution in [0.15, 0.2) is 24.3 Å². The summed E-state index contributed by atoms with van der Waals surface area (Å²) in [5, 5.41) is 7.32. The number of nitriles is 1. The molecule has 1 rings (SSSR count). The average molecular weight is 984 g/mol. The van der Waals surface area contributed by atoms with Crippen molar-refractivity contribution in [1.29, 1.82) is 5.26 Å². The van der Waals surface area contributed by atoms with Crippen LogP contribution in [0.1, 0.15) is 37.8 Å². The van der Waals surface area contributed by atoms with Gasteiger partial charge in [-0.3, -0.25) is 0 Å². The zero-order valence-corrected chi connectivity index (χ0v) is 26.7. The minimum atomic E-state index is -11.2. The summed E-state index contributed by atoms with van der Waals surface area (Å²) < 4.78 is 179. The molecule has 1 aromatic carbocycles. The molecule has 0 amide bonds. The number of hydrogen-bond acceptors (Lipinski definition) is 1. The van der Waals surface area contributed by atoms with Crippen molar-refractivity contribution in [2.24, 2.45) is 0 Å². The summed E-state index contributed by atoms with van der Waals surface area (Å²) in [5.41, 5.74) is 2.76. The minimum absolute atomic E-state index is 0. The largest absolute Gasteiger partial charge is 3.00 e. The van der Waals surface area contributed by atoms with Gasteiger partial charge in [-0.05, 0) is 18.4 Å². The quantitative estimate of drug-likeness (QED) is 0.203. The molecule has 0 saturated heterocycles. The molecule has 0 aliphatic heterocycles. The fraction of sp³-hybridized carbons (Fsp3) is 0.417. The smallest absolute Gasteiger partial charge is 3.00 e. The van der Waals surface area contributed by atoms with Crippen molar-refractivity contribution in [3.8, 4) is 6.07 Å². The second-order valence-electron chi connectivity index (χ2n) is 6.16. The van der Waals surface area contributed by atoms with E-state index in [9.17, 15) is 50.6 Å². The summed E-state index contributed by atoms with van der Waals surface area (Å²) in [4.78, 5) is 0. The van der Waals surface area contributed by atoms with Gasteiger partial charge in [-0.25, -0.2) is 0 Å². The van der Waals surface area contributed by atoms with Crippen LogP contribution in [0, 0.1) is 18.3 Å². The van der Waals surface area contributed by atoms with Gasteiger partial charge in [0.2, 0.25) is 0 Å². The van der Waals surface area contributed by atoms with Gasteiger partial charge in [0.1, 0.15) is 0 Å². The standard InChI is InChI=1S/C10H14.C2H3N.18FH.Ru.3Sb/c1-8(2)10-6-4-9(3)5-7-10;1-2-3;;;;;;;;;;;;;;;;;;;;;;/h4-8H,1-3H3;1H3;18*1H;;;;/q;;;;;;;;;;;;;;;;;;;;+3;3*+5/p-18. The van der Waals surface area contributed by atoms with Crippen molar-refractivity contribution < 1.29 is 70.1 Å². The molecule has 0 N–H and O–H groups in total. The molecule has 1 nitrogen and oxygen atoms in total. The molecule has 0 atom stereocenters. The SMILES string of the molecule is CC#N.Cc1ccc(C(C)C)cc1.[F][Sb-]([F])([F])([F])([F])[F].[F][Sb-]([F])([F])([F])([F])[F].[F][Sb-]([F])([F])([F])([F])[F].[Ru+3]. The number of halogens is 18. The molecule has 23 heteroatoms. The van der Waals surface area contributed by atoms with E-state index in [-0.39, 0.29) is 19.5 Å². The molecule has 0 saturated carbocycles. The van der Waals surface area contributed by atoms with E-state index in [1.54, 1.807) is 6.07 Å². The Balaban J connectivity index is -0.000000111. The van der Waals surface area contributed by atoms with E-state index in [2.05, 4.69) is 45.0 Å². The van der Waals surface area contributed by atoms with Gasteiger partial charge in [-0.15, -0.1) is 0 Å². The normalized spacial score (nSPS) is 17.1. The fourth-order valence-corrected chi connectivity index (χ4v) is 0.951. The van der Waals surface area contributed by atoms with Crippen LogP contribution in [-0.2, 0) is 19.5 Å². The Labute approximate surface area is 207 Å². The van der Waals surface area contributed by atoms with Gasteiger partial charge in [0.05, 0.1) is 6.07 Å². The van der Waals surface area contributed by atoms with Gasteiger partial charge in [-0.1, -0.05) is 43.7 Å². The summed E-state index contributed by atoms with van der Waals surface area (Å²) >= 11 is -33.8. The van der Waals surface area contributed by atoms with Gasteiger partial charge in [0.25, 0.3) is 0 Å². The second-order valence-corrected chi connectivity index (χ2v) is 22.6. The minimum Gasteiger partial charge on any atom is 3.00 e. The maximum absolute atomic E-state index is 11.2. The molecule has 1 aromatic rings. The first-order valence-corrected chi connectivity index (χ1v) is 24.9. The predicted octanol–water partition coefficient (Wildman–Crippen LogP) is 10.1. The van der Waals surface area contributed by atoms with E-state index in [1.807, 2.05) is 0 Å². The third-order valence-electron chi connectivity index (χ3n) is 1.74. The molecule has 35 heavy (non-hydrogen) atoms. The zero-order valence-electron chi connectivity index (χ0n) is 17.3. The summed E-state index contributed by atoms with van der Waals surface area (Å²) in [6, 6.07) is 10.5. The Hall–Kier alpha value is 0.528. The maximum Gasteiger partial charge on any atom is 3.00 e. The summed E-state index contributed by atoms with van der Waals surface area (Å²) in [5.74, 6) is 0.653. The van der Waals surface area contributed by atoms with E-state index in [4.69, 9.17) is 5.26 Å². The molecular weight excluding hydrogens is 966 g/mol. The summed E-state index contributed by atoms with van der Waals surface area (Å²) in [6.45, 7) is 7.97. The Kier molecular flexibility index (Phi) is 14.2. The van der Waals surface area contributed by atoms with Crippen molar-refractivity contribution in [1.82, 2.24) is 0 Å². The van der Waals surface area contributed by atoms with E-state index < -0.39 is 58.4 Å². The van der Waals surface area contributed by atoms with E-state index in [1.165, 1.54) is 18.1 Å². The van der Waals surface area contributed by atoms with Crippen LogP contribution < -0.4 is 0 Å². The van der Waals surface area contributed by atoms with Crippen LogP contribution in [0.3, 0.4) is 0 Å². The maximum atomic E-state index is 9.93. The monoisotopic (exact) mass is 982 g/mol. The van der Waals surface area contributed by atoms with Crippen molar-refractivity contribution in [3.05, 3.63) is 35.4 Å². The van der Waals surface area contributed by atoms with Gasteiger partial charge in [0.15, 0.2) is 0 Å². The van der Waals surface area contributed by atoms with Crippen LogP contribution >= 0.6 is 0 Å². The molecule has 0 bridgehead atoms. The Bertz CT molecular complexity index is 711. The van der Waals surface area contributed by atoms with Crippen LogP contribution in [0.5, 0.6) is 0 Å². The topological polar surface area (TPSA) is 23.8 Å². The molecular formula is C12H17F18NRuSb3. The molecule has 0 fully saturated rings. The Morgan fingerprint density at radius 2 is 0.714 bits per heavy atom. The van der Waals surface area contributed by atoms with Crippen molar-refractivity contribution in [2.45, 2.75) is 33.6 Å². The van der Waals surface area contributed by atoms with Crippen molar-refractivity contribution in [3.63, 3.8) is 0 Å². The van der Waals surface area contributed by atoms with Crippen LogP contribution in [0.25, 0.3) is 0 Å². The second kappa shape index (κ2) is 11.0. The summed E-state index contributed by atoms with van der Waals surface area (Å²) in [6.07, 6.45) is 0. The molecule has 0 unspecified atom stereocenters. The predicted molar refractivity (Wildman–Crippen MR) is 93.8 cm³/mol. The molecule has 0 aliphatic carbocycles. The summed E-state index contributed by atoms with van der Waals surface area (Å²) in [7, 11) is 0. The Morgan fingerprint density at radius 1 is 0.571 bits per heavy atom. The molecule has 0 spiro atoms. The number of hydrogen-bond donors (Lipinski definition) is 0.